The second kappa shape index (κ2) is 6.99. The first-order chi connectivity index (χ1) is 12.4. The maximum atomic E-state index is 12.6. The molecule has 8 heteroatoms. The average Bonchev–Trinajstić information content (AvgIpc) is 2.61. The van der Waals surface area contributed by atoms with Gasteiger partial charge < -0.3 is 20.5 Å². The van der Waals surface area contributed by atoms with Crippen LogP contribution in [0.1, 0.15) is 29.0 Å². The minimum atomic E-state index is -1.35. The first-order valence-corrected chi connectivity index (χ1v) is 8.27. The fourth-order valence-electron chi connectivity index (χ4n) is 3.01. The van der Waals surface area contributed by atoms with E-state index < -0.39 is 11.6 Å². The smallest absolute Gasteiger partial charge is 0.348 e. The van der Waals surface area contributed by atoms with Crippen molar-refractivity contribution in [2.45, 2.75) is 25.4 Å². The molecule has 3 N–H and O–H groups in total. The number of hydrogen-bond donors (Lipinski definition) is 2. The molecule has 1 amide bonds. The van der Waals surface area contributed by atoms with E-state index in [-0.39, 0.29) is 43.5 Å². The first kappa shape index (κ1) is 17.7. The number of benzene rings is 1. The van der Waals surface area contributed by atoms with Gasteiger partial charge in [0.2, 0.25) is 11.5 Å². The van der Waals surface area contributed by atoms with Crippen molar-refractivity contribution in [3.05, 3.63) is 47.8 Å². The van der Waals surface area contributed by atoms with Crippen molar-refractivity contribution in [2.24, 2.45) is 0 Å². The van der Waals surface area contributed by atoms with Gasteiger partial charge in [-0.05, 0) is 25.1 Å². The van der Waals surface area contributed by atoms with Crippen LogP contribution in [0.15, 0.2) is 36.4 Å². The molecule has 1 saturated heterocycles. The van der Waals surface area contributed by atoms with Crippen molar-refractivity contribution in [3.8, 4) is 5.75 Å². The third-order valence-corrected chi connectivity index (χ3v) is 4.40. The van der Waals surface area contributed by atoms with Crippen molar-refractivity contribution < 1.29 is 19.4 Å². The topological polar surface area (TPSA) is 119 Å². The number of nitrogens with zero attached hydrogens (tertiary/aromatic N) is 3. The number of piperidine rings is 1. The molecule has 0 saturated carbocycles. The fourth-order valence-corrected chi connectivity index (χ4v) is 3.01. The summed E-state index contributed by atoms with van der Waals surface area (Å²) in [6.45, 7) is 2.23. The van der Waals surface area contributed by atoms with E-state index in [2.05, 4.69) is 9.97 Å². The van der Waals surface area contributed by atoms with Crippen molar-refractivity contribution in [2.75, 3.05) is 18.8 Å². The maximum absolute atomic E-state index is 12.6. The van der Waals surface area contributed by atoms with Crippen molar-refractivity contribution in [3.63, 3.8) is 0 Å². The third-order valence-electron chi connectivity index (χ3n) is 4.40. The van der Waals surface area contributed by atoms with Crippen LogP contribution in [0.2, 0.25) is 0 Å². The molecule has 3 rings (SSSR count). The van der Waals surface area contributed by atoms with Crippen LogP contribution in [0, 0.1) is 6.92 Å². The number of carboxylic acids is 1. The highest BCUT2D eigenvalue weighted by Crippen LogP contribution is 2.29. The number of nitrogens with two attached hydrogens (primary N) is 1. The normalized spacial score (nSPS) is 16.1. The molecule has 1 aromatic heterocycles. The molecule has 0 spiro atoms. The zero-order valence-electron chi connectivity index (χ0n) is 14.4. The van der Waals surface area contributed by atoms with Crippen LogP contribution in [0.3, 0.4) is 0 Å². The molecule has 26 heavy (non-hydrogen) atoms. The molecule has 0 unspecified atom stereocenters. The lowest BCUT2D eigenvalue weighted by Crippen LogP contribution is -2.54. The predicted octanol–water partition coefficient (Wildman–Crippen LogP) is 1.51. The zero-order valence-corrected chi connectivity index (χ0v) is 14.4. The highest BCUT2D eigenvalue weighted by molar-refractivity contribution is 5.93. The Balaban J connectivity index is 1.73. The Morgan fingerprint density at radius 2 is 1.85 bits per heavy atom. The molecule has 1 aromatic carbocycles. The van der Waals surface area contributed by atoms with E-state index in [1.807, 2.05) is 6.07 Å². The molecule has 8 nitrogen and oxygen atoms in total. The van der Waals surface area contributed by atoms with Crippen LogP contribution < -0.4 is 10.5 Å². The summed E-state index contributed by atoms with van der Waals surface area (Å²) in [5.41, 5.74) is 5.07. The molecule has 0 atom stereocenters. The van der Waals surface area contributed by atoms with Gasteiger partial charge in [-0.2, -0.15) is 0 Å². The summed E-state index contributed by atoms with van der Waals surface area (Å²) in [5, 5.41) is 9.70. The summed E-state index contributed by atoms with van der Waals surface area (Å²) in [7, 11) is 0. The number of nitrogen functional groups attached to an aromatic ring is 1. The number of rotatable bonds is 4. The fraction of sp³-hybridized carbons (Fsp3) is 0.333. The van der Waals surface area contributed by atoms with Crippen LogP contribution in [0.25, 0.3) is 0 Å². The Hall–Kier alpha value is -3.16. The number of carbonyl (C=O) groups excluding carboxylic acids is 1. The standard InChI is InChI=1S/C18H20N4O4/c1-12-11-14(21-17(19)20-12)15(23)22-9-7-18(8-10-22,16(24)25)26-13-5-3-2-4-6-13/h2-6,11H,7-10H2,1H3,(H,24,25)(H2,19,20,21). The third kappa shape index (κ3) is 3.58. The number of aromatic nitrogens is 2. The monoisotopic (exact) mass is 356 g/mol. The number of hydrogen-bond acceptors (Lipinski definition) is 6. The quantitative estimate of drug-likeness (QED) is 0.852. The number of anilines is 1. The van der Waals surface area contributed by atoms with Gasteiger partial charge in [-0.3, -0.25) is 4.79 Å². The average molecular weight is 356 g/mol. The summed E-state index contributed by atoms with van der Waals surface area (Å²) < 4.78 is 5.79. The van der Waals surface area contributed by atoms with Crippen LogP contribution >= 0.6 is 0 Å². The van der Waals surface area contributed by atoms with Gasteiger partial charge in [0, 0.05) is 31.6 Å². The van der Waals surface area contributed by atoms with Gasteiger partial charge in [0.15, 0.2) is 0 Å². The molecular weight excluding hydrogens is 336 g/mol. The van der Waals surface area contributed by atoms with Gasteiger partial charge >= 0.3 is 5.97 Å². The number of aryl methyl sites for hydroxylation is 1. The molecule has 136 valence electrons. The molecule has 0 radical (unpaired) electrons. The Morgan fingerprint density at radius 3 is 2.42 bits per heavy atom. The van der Waals surface area contributed by atoms with E-state index in [9.17, 15) is 14.7 Å². The van der Waals surface area contributed by atoms with Crippen molar-refractivity contribution in [1.29, 1.82) is 0 Å². The number of likely N-dealkylation sites (tertiary alicyclic amines) is 1. The molecule has 1 aliphatic heterocycles. The van der Waals surface area contributed by atoms with Crippen LogP contribution in [0.5, 0.6) is 5.75 Å². The number of amides is 1. The second-order valence-corrected chi connectivity index (χ2v) is 6.26. The van der Waals surface area contributed by atoms with E-state index in [1.54, 1.807) is 42.2 Å². The predicted molar refractivity (Wildman–Crippen MR) is 93.8 cm³/mol. The SMILES string of the molecule is Cc1cc(C(=O)N2CCC(Oc3ccccc3)(C(=O)O)CC2)nc(N)n1. The summed E-state index contributed by atoms with van der Waals surface area (Å²) in [5.74, 6) is -0.789. The van der Waals surface area contributed by atoms with Gasteiger partial charge in [0.25, 0.3) is 5.91 Å². The lowest BCUT2D eigenvalue weighted by molar-refractivity contribution is -0.159. The number of aliphatic carboxylic acids is 1. The lowest BCUT2D eigenvalue weighted by Gasteiger charge is -2.38. The van der Waals surface area contributed by atoms with E-state index in [4.69, 9.17) is 10.5 Å². The van der Waals surface area contributed by atoms with E-state index in [1.165, 1.54) is 0 Å². The molecule has 2 aromatic rings. The van der Waals surface area contributed by atoms with Crippen LogP contribution in [0.4, 0.5) is 5.95 Å². The number of para-hydroxylation sites is 1. The van der Waals surface area contributed by atoms with E-state index >= 15 is 0 Å². The highest BCUT2D eigenvalue weighted by Gasteiger charge is 2.45. The van der Waals surface area contributed by atoms with Crippen molar-refractivity contribution in [1.82, 2.24) is 14.9 Å². The number of carboxylic acid groups (broad SMARTS) is 1. The first-order valence-electron chi connectivity index (χ1n) is 8.27. The van der Waals surface area contributed by atoms with Gasteiger partial charge in [0.05, 0.1) is 0 Å². The lowest BCUT2D eigenvalue weighted by atomic mass is 9.90. The Labute approximate surface area is 150 Å². The Kier molecular flexibility index (Phi) is 4.75. The summed E-state index contributed by atoms with van der Waals surface area (Å²) in [6, 6.07) is 10.4. The van der Waals surface area contributed by atoms with Gasteiger partial charge in [-0.15, -0.1) is 0 Å². The van der Waals surface area contributed by atoms with Crippen molar-refractivity contribution >= 4 is 17.8 Å². The minimum absolute atomic E-state index is 0.0395. The van der Waals surface area contributed by atoms with E-state index in [0.29, 0.717) is 11.4 Å². The molecule has 0 bridgehead atoms. The Morgan fingerprint density at radius 1 is 1.19 bits per heavy atom. The van der Waals surface area contributed by atoms with Crippen LogP contribution in [-0.4, -0.2) is 50.5 Å². The zero-order chi connectivity index (χ0) is 18.7. The second-order valence-electron chi connectivity index (χ2n) is 6.26. The minimum Gasteiger partial charge on any atom is -0.478 e. The summed E-state index contributed by atoms with van der Waals surface area (Å²) >= 11 is 0. The van der Waals surface area contributed by atoms with E-state index in [0.717, 1.165) is 0 Å². The Bertz CT molecular complexity index is 797. The largest absolute Gasteiger partial charge is 0.478 e. The molecule has 1 fully saturated rings. The maximum Gasteiger partial charge on any atom is 0.348 e. The van der Waals surface area contributed by atoms with Gasteiger partial charge in [-0.25, -0.2) is 14.8 Å². The molecule has 2 heterocycles. The number of ether oxygens (including phenoxy) is 1. The van der Waals surface area contributed by atoms with Gasteiger partial charge in [-0.1, -0.05) is 18.2 Å². The highest BCUT2D eigenvalue weighted by atomic mass is 16.5. The summed E-state index contributed by atoms with van der Waals surface area (Å²) in [6.07, 6.45) is 0.366. The summed E-state index contributed by atoms with van der Waals surface area (Å²) in [4.78, 5) is 34.0. The van der Waals surface area contributed by atoms with Crippen LogP contribution in [-0.2, 0) is 4.79 Å². The van der Waals surface area contributed by atoms with Gasteiger partial charge in [0.1, 0.15) is 11.4 Å². The number of carbonyl (C=O) groups is 2. The molecule has 0 aliphatic carbocycles. The molecular formula is C18H20N4O4. The molecule has 1 aliphatic rings.